The summed E-state index contributed by atoms with van der Waals surface area (Å²) < 4.78 is 15.9. The van der Waals surface area contributed by atoms with Gasteiger partial charge in [-0.1, -0.05) is 89.2 Å². The van der Waals surface area contributed by atoms with Gasteiger partial charge in [0.2, 0.25) is 0 Å². The molecule has 5 aromatic rings. The fourth-order valence-corrected chi connectivity index (χ4v) is 4.46. The van der Waals surface area contributed by atoms with Crippen molar-refractivity contribution in [1.29, 1.82) is 0 Å². The number of hydrogen-bond donors (Lipinski definition) is 2. The number of amides is 1. The van der Waals surface area contributed by atoms with E-state index in [-0.39, 0.29) is 17.4 Å². The third-order valence-electron chi connectivity index (χ3n) is 6.46. The average molecular weight is 623 g/mol. The number of rotatable bonds is 8. The topological polar surface area (TPSA) is 128 Å². The Morgan fingerprint density at radius 1 is 0.814 bits per heavy atom. The summed E-state index contributed by atoms with van der Waals surface area (Å²) >= 11 is 11.5. The van der Waals surface area contributed by atoms with E-state index >= 15 is 0 Å². The molecule has 1 amide bonds. The molecule has 0 saturated heterocycles. The molecule has 0 spiro atoms. The first-order chi connectivity index (χ1) is 20.7. The van der Waals surface area contributed by atoms with Crippen LogP contribution in [0.2, 0.25) is 0 Å². The van der Waals surface area contributed by atoms with E-state index < -0.39 is 12.1 Å². The molecule has 2 N–H and O–H groups in total. The minimum absolute atomic E-state index is 0.101. The number of nitrogens with one attached hydrogen (secondary N) is 1. The predicted molar refractivity (Wildman–Crippen MR) is 164 cm³/mol. The Morgan fingerprint density at radius 3 is 1.86 bits per heavy atom. The van der Waals surface area contributed by atoms with Crippen LogP contribution in [0.4, 0.5) is 10.5 Å². The number of nitrogens with zero attached hydrogens (tertiary/aromatic N) is 2. The van der Waals surface area contributed by atoms with Gasteiger partial charge in [0.25, 0.3) is 0 Å². The van der Waals surface area contributed by atoms with Crippen LogP contribution in [0.25, 0.3) is 22.6 Å². The number of alkyl halides is 2. The number of aromatic carboxylic acids is 1. The monoisotopic (exact) mass is 621 g/mol. The van der Waals surface area contributed by atoms with Crippen molar-refractivity contribution in [2.24, 2.45) is 0 Å². The Balaban J connectivity index is 0.000000215. The number of carbonyl (C=O) groups excluding carboxylic acids is 1. The third kappa shape index (κ3) is 7.82. The Labute approximate surface area is 258 Å². The predicted octanol–water partition coefficient (Wildman–Crippen LogP) is 8.79. The van der Waals surface area contributed by atoms with Gasteiger partial charge in [-0.25, -0.2) is 9.59 Å². The van der Waals surface area contributed by atoms with Gasteiger partial charge in [0.15, 0.2) is 11.5 Å². The van der Waals surface area contributed by atoms with Crippen LogP contribution in [-0.2, 0) is 16.5 Å². The second kappa shape index (κ2) is 14.5. The number of ether oxygens (including phenoxy) is 1. The lowest BCUT2D eigenvalue weighted by atomic mass is 10.1. The molecule has 5 rings (SSSR count). The highest BCUT2D eigenvalue weighted by Crippen LogP contribution is 2.32. The van der Waals surface area contributed by atoms with Crippen LogP contribution in [0.1, 0.15) is 51.5 Å². The van der Waals surface area contributed by atoms with Gasteiger partial charge < -0.3 is 18.9 Å². The molecule has 0 aliphatic heterocycles. The maximum absolute atomic E-state index is 12.3. The summed E-state index contributed by atoms with van der Waals surface area (Å²) in [4.78, 5) is 23.4. The summed E-state index contributed by atoms with van der Waals surface area (Å²) in [6, 6.07) is 24.3. The van der Waals surface area contributed by atoms with E-state index in [2.05, 4.69) is 15.6 Å². The van der Waals surface area contributed by atoms with E-state index in [1.165, 1.54) is 0 Å². The number of aromatic nitrogens is 2. The minimum Gasteiger partial charge on any atom is -0.477 e. The Kier molecular flexibility index (Phi) is 10.6. The van der Waals surface area contributed by atoms with Crippen LogP contribution in [0.5, 0.6) is 0 Å². The van der Waals surface area contributed by atoms with Crippen molar-refractivity contribution in [1.82, 2.24) is 10.3 Å². The molecular formula is C32H29Cl2N3O6. The van der Waals surface area contributed by atoms with Gasteiger partial charge in [-0.05, 0) is 37.5 Å². The molecule has 222 valence electrons. The lowest BCUT2D eigenvalue weighted by molar-refractivity contribution is 0.0696. The third-order valence-corrected chi connectivity index (χ3v) is 7.08. The number of carbonyl (C=O) groups is 2. The highest BCUT2D eigenvalue weighted by atomic mass is 35.5. The van der Waals surface area contributed by atoms with Crippen molar-refractivity contribution in [2.75, 3.05) is 5.32 Å². The molecule has 0 unspecified atom stereocenters. The van der Waals surface area contributed by atoms with E-state index in [0.717, 1.165) is 22.3 Å². The number of hydrogen-bond acceptors (Lipinski definition) is 7. The van der Waals surface area contributed by atoms with E-state index in [0.29, 0.717) is 40.2 Å². The fourth-order valence-electron chi connectivity index (χ4n) is 4.11. The van der Waals surface area contributed by atoms with Crippen molar-refractivity contribution in [3.05, 3.63) is 113 Å². The van der Waals surface area contributed by atoms with Crippen molar-refractivity contribution >= 4 is 41.0 Å². The van der Waals surface area contributed by atoms with E-state index in [9.17, 15) is 9.59 Å². The normalized spacial score (nSPS) is 11.3. The second-order valence-electron chi connectivity index (χ2n) is 9.49. The molecule has 3 aromatic carbocycles. The van der Waals surface area contributed by atoms with E-state index in [1.54, 1.807) is 26.0 Å². The Hall–Kier alpha value is -4.60. The molecule has 2 heterocycles. The van der Waals surface area contributed by atoms with Crippen LogP contribution >= 0.6 is 23.2 Å². The van der Waals surface area contributed by atoms with Gasteiger partial charge in [-0.15, -0.1) is 23.2 Å². The summed E-state index contributed by atoms with van der Waals surface area (Å²) in [6.45, 7) is 5.18. The lowest BCUT2D eigenvalue weighted by Crippen LogP contribution is -2.16. The number of carboxylic acid groups (broad SMARTS) is 1. The quantitative estimate of drug-likeness (QED) is 0.164. The zero-order valence-electron chi connectivity index (χ0n) is 23.6. The largest absolute Gasteiger partial charge is 0.477 e. The average Bonchev–Trinajstić information content (AvgIpc) is 3.60. The van der Waals surface area contributed by atoms with E-state index in [4.69, 9.17) is 42.1 Å². The Bertz CT molecular complexity index is 1670. The van der Waals surface area contributed by atoms with Crippen LogP contribution in [0, 0.1) is 13.8 Å². The summed E-state index contributed by atoms with van der Waals surface area (Å²) in [7, 11) is 0. The summed E-state index contributed by atoms with van der Waals surface area (Å²) in [6.07, 6.45) is -0.936. The smallest absolute Gasteiger partial charge is 0.412 e. The first kappa shape index (κ1) is 31.3. The zero-order chi connectivity index (χ0) is 30.9. The minimum atomic E-state index is -1.04. The highest BCUT2D eigenvalue weighted by Gasteiger charge is 2.21. The number of anilines is 1. The van der Waals surface area contributed by atoms with Crippen molar-refractivity contribution in [3.8, 4) is 22.6 Å². The van der Waals surface area contributed by atoms with Crippen LogP contribution in [0.15, 0.2) is 87.9 Å². The van der Waals surface area contributed by atoms with Crippen LogP contribution in [-0.4, -0.2) is 27.5 Å². The molecule has 0 aliphatic rings. The lowest BCUT2D eigenvalue weighted by Gasteiger charge is -2.14. The SMILES string of the molecule is Cc1noc(-c2ccc(CCl)cc2)c1C(=O)O.Cc1noc(-c2ccc(CCl)cc2)c1NC(=O)O[C@H](C)c1ccccc1. The standard InChI is InChI=1S/C20H19ClN2O3.C12H10ClNO3/c1-13-18(19(26-23-13)17-10-8-15(12-21)9-11-17)22-20(24)25-14(2)16-6-4-3-5-7-16;1-7-10(12(15)16)11(17-14-7)9-4-2-8(6-13)3-5-9/h3-11,14H,12H2,1-2H3,(H,22,24);2-5H,6H2,1H3,(H,15,16)/t14-;/m1./s1. The molecule has 1 atom stereocenters. The Morgan fingerprint density at radius 2 is 1.33 bits per heavy atom. The summed E-state index contributed by atoms with van der Waals surface area (Å²) in [5.74, 6) is 0.565. The number of aryl methyl sites for hydroxylation is 2. The second-order valence-corrected chi connectivity index (χ2v) is 10.0. The molecule has 11 heteroatoms. The van der Waals surface area contributed by atoms with Crippen LogP contribution < -0.4 is 5.32 Å². The molecule has 0 fully saturated rings. The van der Waals surface area contributed by atoms with Gasteiger partial charge >= 0.3 is 12.1 Å². The maximum atomic E-state index is 12.3. The van der Waals surface area contributed by atoms with E-state index in [1.807, 2.05) is 73.7 Å². The molecule has 0 saturated carbocycles. The van der Waals surface area contributed by atoms with Crippen molar-refractivity contribution in [3.63, 3.8) is 0 Å². The first-order valence-electron chi connectivity index (χ1n) is 13.2. The molecule has 0 bridgehead atoms. The zero-order valence-corrected chi connectivity index (χ0v) is 25.1. The van der Waals surface area contributed by atoms with Gasteiger partial charge in [0.05, 0.1) is 5.69 Å². The molecule has 0 aliphatic carbocycles. The van der Waals surface area contributed by atoms with Gasteiger partial charge in [-0.3, -0.25) is 5.32 Å². The van der Waals surface area contributed by atoms with Crippen LogP contribution in [0.3, 0.4) is 0 Å². The number of carboxylic acids is 1. The molecule has 0 radical (unpaired) electrons. The summed E-state index contributed by atoms with van der Waals surface area (Å²) in [5, 5.41) is 19.4. The van der Waals surface area contributed by atoms with Crippen molar-refractivity contribution < 1.29 is 28.5 Å². The van der Waals surface area contributed by atoms with Crippen molar-refractivity contribution in [2.45, 2.75) is 38.6 Å². The highest BCUT2D eigenvalue weighted by molar-refractivity contribution is 6.17. The molecule has 9 nitrogen and oxygen atoms in total. The van der Waals surface area contributed by atoms with Gasteiger partial charge in [-0.2, -0.15) is 0 Å². The van der Waals surface area contributed by atoms with Gasteiger partial charge in [0.1, 0.15) is 23.0 Å². The maximum Gasteiger partial charge on any atom is 0.412 e. The molecule has 43 heavy (non-hydrogen) atoms. The molecular weight excluding hydrogens is 593 g/mol. The number of benzene rings is 3. The van der Waals surface area contributed by atoms with Gasteiger partial charge in [0, 0.05) is 22.9 Å². The fraction of sp³-hybridized carbons (Fsp3) is 0.188. The summed E-state index contributed by atoms with van der Waals surface area (Å²) in [5.41, 5.74) is 5.89. The number of halogens is 2. The first-order valence-corrected chi connectivity index (χ1v) is 14.3. The molecule has 2 aromatic heterocycles.